The van der Waals surface area contributed by atoms with Crippen molar-refractivity contribution in [2.75, 3.05) is 6.54 Å². The standard InChI is InChI=1S/C24H20ClFN4O3/c1-15(19-11-18(25)8-7-17(19)14-31)12-27-16(2)13-28-24(33)21-9-10-23(32)30(29-21)22-6-4-3-5-20(22)26/h3-12,14H,13H2,1-2H3,(H,28,33)/b15-12+,27-16+. The molecular formula is C24H20ClFN4O3. The number of carbonyl (C=O) groups is 2. The summed E-state index contributed by atoms with van der Waals surface area (Å²) in [6, 6.07) is 13.0. The topological polar surface area (TPSA) is 93.4 Å². The van der Waals surface area contributed by atoms with Crippen molar-refractivity contribution in [3.63, 3.8) is 0 Å². The van der Waals surface area contributed by atoms with Crippen LogP contribution in [0.1, 0.15) is 40.3 Å². The van der Waals surface area contributed by atoms with E-state index in [1.165, 1.54) is 24.3 Å². The van der Waals surface area contributed by atoms with Crippen LogP contribution in [0.3, 0.4) is 0 Å². The van der Waals surface area contributed by atoms with Crippen molar-refractivity contribution in [3.8, 4) is 5.69 Å². The number of carbonyl (C=O) groups excluding carboxylic acids is 2. The molecule has 0 bridgehead atoms. The summed E-state index contributed by atoms with van der Waals surface area (Å²) in [5.74, 6) is -1.18. The second kappa shape index (κ2) is 10.6. The van der Waals surface area contributed by atoms with Crippen molar-refractivity contribution in [2.45, 2.75) is 13.8 Å². The van der Waals surface area contributed by atoms with Crippen LogP contribution in [-0.2, 0) is 0 Å². The molecule has 0 aliphatic carbocycles. The van der Waals surface area contributed by atoms with Gasteiger partial charge in [-0.2, -0.15) is 9.78 Å². The molecule has 3 aromatic rings. The first-order valence-electron chi connectivity index (χ1n) is 9.89. The van der Waals surface area contributed by atoms with Crippen molar-refractivity contribution < 1.29 is 14.0 Å². The Morgan fingerprint density at radius 1 is 1.18 bits per heavy atom. The van der Waals surface area contributed by atoms with E-state index in [4.69, 9.17) is 11.6 Å². The number of rotatable bonds is 7. The molecule has 2 aromatic carbocycles. The quantitative estimate of drug-likeness (QED) is 0.419. The monoisotopic (exact) mass is 466 g/mol. The van der Waals surface area contributed by atoms with Crippen molar-refractivity contribution >= 4 is 35.1 Å². The lowest BCUT2D eigenvalue weighted by Crippen LogP contribution is -2.31. The van der Waals surface area contributed by atoms with Gasteiger partial charge in [0, 0.05) is 28.6 Å². The molecule has 1 aromatic heterocycles. The molecule has 33 heavy (non-hydrogen) atoms. The SMILES string of the molecule is C/C(=C\N=C(/C)CNC(=O)c1ccc(=O)n(-c2ccccc2F)n1)c1cc(Cl)ccc1C=O. The van der Waals surface area contributed by atoms with Gasteiger partial charge in [0.05, 0.1) is 6.54 Å². The van der Waals surface area contributed by atoms with Crippen molar-refractivity contribution in [2.24, 2.45) is 4.99 Å². The summed E-state index contributed by atoms with van der Waals surface area (Å²) in [5, 5.41) is 7.14. The van der Waals surface area contributed by atoms with E-state index < -0.39 is 17.3 Å². The molecule has 1 heterocycles. The Kier molecular flexibility index (Phi) is 7.63. The number of allylic oxidation sites excluding steroid dienone is 1. The van der Waals surface area contributed by atoms with E-state index in [2.05, 4.69) is 15.4 Å². The maximum absolute atomic E-state index is 14.0. The van der Waals surface area contributed by atoms with Gasteiger partial charge in [0.2, 0.25) is 0 Å². The normalized spacial score (nSPS) is 11.9. The van der Waals surface area contributed by atoms with Gasteiger partial charge in [-0.1, -0.05) is 23.7 Å². The van der Waals surface area contributed by atoms with Crippen molar-refractivity contribution in [1.29, 1.82) is 0 Å². The maximum atomic E-state index is 14.0. The van der Waals surface area contributed by atoms with Gasteiger partial charge in [0.1, 0.15) is 17.2 Å². The summed E-state index contributed by atoms with van der Waals surface area (Å²) in [7, 11) is 0. The third-order valence-corrected chi connectivity index (χ3v) is 4.90. The lowest BCUT2D eigenvalue weighted by molar-refractivity contribution is 0.0952. The number of nitrogens with one attached hydrogen (secondary N) is 1. The van der Waals surface area contributed by atoms with E-state index >= 15 is 0 Å². The van der Waals surface area contributed by atoms with Crippen LogP contribution in [0.25, 0.3) is 11.3 Å². The van der Waals surface area contributed by atoms with Gasteiger partial charge < -0.3 is 5.32 Å². The molecule has 1 amide bonds. The number of aliphatic imine (C=N–C) groups is 1. The van der Waals surface area contributed by atoms with E-state index in [9.17, 15) is 18.8 Å². The third kappa shape index (κ3) is 5.87. The number of benzene rings is 2. The zero-order valence-electron chi connectivity index (χ0n) is 17.9. The van der Waals surface area contributed by atoms with Crippen molar-refractivity contribution in [3.05, 3.63) is 98.8 Å². The molecule has 0 saturated heterocycles. The summed E-state index contributed by atoms with van der Waals surface area (Å²) in [4.78, 5) is 40.2. The molecule has 0 fully saturated rings. The minimum absolute atomic E-state index is 0.0491. The molecule has 7 nitrogen and oxygen atoms in total. The summed E-state index contributed by atoms with van der Waals surface area (Å²) in [5.41, 5.74) is 1.80. The molecule has 0 spiro atoms. The molecule has 0 unspecified atom stereocenters. The van der Waals surface area contributed by atoms with Gasteiger partial charge in [-0.05, 0) is 61.4 Å². The van der Waals surface area contributed by atoms with Crippen LogP contribution < -0.4 is 10.9 Å². The largest absolute Gasteiger partial charge is 0.345 e. The molecule has 0 atom stereocenters. The number of hydrogen-bond donors (Lipinski definition) is 1. The fraction of sp³-hybridized carbons (Fsp3) is 0.125. The van der Waals surface area contributed by atoms with Crippen LogP contribution in [0.4, 0.5) is 4.39 Å². The highest BCUT2D eigenvalue weighted by atomic mass is 35.5. The van der Waals surface area contributed by atoms with E-state index in [-0.39, 0.29) is 17.9 Å². The van der Waals surface area contributed by atoms with Crippen LogP contribution in [0.15, 0.2) is 70.6 Å². The smallest absolute Gasteiger partial charge is 0.272 e. The molecule has 1 N–H and O–H groups in total. The first-order chi connectivity index (χ1) is 15.8. The Morgan fingerprint density at radius 3 is 2.67 bits per heavy atom. The fourth-order valence-corrected chi connectivity index (χ4v) is 3.09. The molecule has 0 aliphatic rings. The van der Waals surface area contributed by atoms with Gasteiger partial charge in [-0.3, -0.25) is 19.4 Å². The Morgan fingerprint density at radius 2 is 1.94 bits per heavy atom. The Hall–Kier alpha value is -3.91. The lowest BCUT2D eigenvalue weighted by atomic mass is 10.0. The number of nitrogens with zero attached hydrogens (tertiary/aromatic N) is 3. The summed E-state index contributed by atoms with van der Waals surface area (Å²) in [6.07, 6.45) is 2.32. The third-order valence-electron chi connectivity index (χ3n) is 4.66. The molecule has 3 rings (SSSR count). The average Bonchev–Trinajstić information content (AvgIpc) is 2.81. The van der Waals surface area contributed by atoms with E-state index in [0.29, 0.717) is 21.9 Å². The molecule has 168 valence electrons. The van der Waals surface area contributed by atoms with Crippen LogP contribution in [0.5, 0.6) is 0 Å². The second-order valence-corrected chi connectivity index (χ2v) is 7.57. The molecule has 9 heteroatoms. The molecule has 0 radical (unpaired) electrons. The summed E-state index contributed by atoms with van der Waals surface area (Å²) >= 11 is 6.02. The summed E-state index contributed by atoms with van der Waals surface area (Å²) in [6.45, 7) is 3.62. The fourth-order valence-electron chi connectivity index (χ4n) is 2.92. The van der Waals surface area contributed by atoms with E-state index in [1.54, 1.807) is 44.3 Å². The van der Waals surface area contributed by atoms with Gasteiger partial charge >= 0.3 is 0 Å². The van der Waals surface area contributed by atoms with Gasteiger partial charge in [0.25, 0.3) is 11.5 Å². The number of halogens is 2. The highest BCUT2D eigenvalue weighted by Gasteiger charge is 2.13. The van der Waals surface area contributed by atoms with E-state index in [1.807, 2.05) is 0 Å². The van der Waals surface area contributed by atoms with E-state index in [0.717, 1.165) is 22.6 Å². The van der Waals surface area contributed by atoms with Crippen molar-refractivity contribution in [1.82, 2.24) is 15.1 Å². The molecular weight excluding hydrogens is 447 g/mol. The molecule has 0 saturated carbocycles. The zero-order chi connectivity index (χ0) is 24.0. The predicted octanol–water partition coefficient (Wildman–Crippen LogP) is 4.09. The zero-order valence-corrected chi connectivity index (χ0v) is 18.6. The number of aldehydes is 1. The first kappa shape index (κ1) is 23.7. The number of hydrogen-bond acceptors (Lipinski definition) is 5. The van der Waals surface area contributed by atoms with Gasteiger partial charge in [-0.15, -0.1) is 0 Å². The lowest BCUT2D eigenvalue weighted by Gasteiger charge is -2.08. The minimum Gasteiger partial charge on any atom is -0.345 e. The molecule has 0 aliphatic heterocycles. The summed E-state index contributed by atoms with van der Waals surface area (Å²) < 4.78 is 14.9. The van der Waals surface area contributed by atoms with Crippen LogP contribution in [0, 0.1) is 5.82 Å². The number of amides is 1. The first-order valence-corrected chi connectivity index (χ1v) is 10.3. The minimum atomic E-state index is -0.632. The Labute approximate surface area is 194 Å². The van der Waals surface area contributed by atoms with Crippen LogP contribution in [0.2, 0.25) is 5.02 Å². The highest BCUT2D eigenvalue weighted by Crippen LogP contribution is 2.22. The Balaban J connectivity index is 1.73. The van der Waals surface area contributed by atoms with Crippen LogP contribution in [-0.4, -0.2) is 34.2 Å². The average molecular weight is 467 g/mol. The highest BCUT2D eigenvalue weighted by molar-refractivity contribution is 6.30. The number of para-hydroxylation sites is 1. The van der Waals surface area contributed by atoms with Gasteiger partial charge in [-0.25, -0.2) is 4.39 Å². The Bertz CT molecular complexity index is 1330. The number of aromatic nitrogens is 2. The second-order valence-electron chi connectivity index (χ2n) is 7.13. The van der Waals surface area contributed by atoms with Gasteiger partial charge in [0.15, 0.2) is 6.29 Å². The maximum Gasteiger partial charge on any atom is 0.272 e. The predicted molar refractivity (Wildman–Crippen MR) is 126 cm³/mol. The van der Waals surface area contributed by atoms with Crippen LogP contribution >= 0.6 is 11.6 Å².